The maximum atomic E-state index is 11.8. The predicted molar refractivity (Wildman–Crippen MR) is 82.5 cm³/mol. The zero-order chi connectivity index (χ0) is 16.2. The van der Waals surface area contributed by atoms with Crippen LogP contribution in [-0.4, -0.2) is 62.2 Å². The molecule has 2 unspecified atom stereocenters. The van der Waals surface area contributed by atoms with Crippen LogP contribution in [0, 0.1) is 0 Å². The van der Waals surface area contributed by atoms with Gasteiger partial charge in [-0.15, -0.1) is 0 Å². The maximum absolute atomic E-state index is 11.8. The summed E-state index contributed by atoms with van der Waals surface area (Å²) in [7, 11) is -1.54. The zero-order valence-corrected chi connectivity index (χ0v) is 13.3. The SMILES string of the molecule is COCCN(C1CCS(=O)(=O)C1)C(C(=O)O)c1ccccc1. The van der Waals surface area contributed by atoms with Gasteiger partial charge in [0.25, 0.3) is 0 Å². The highest BCUT2D eigenvalue weighted by Crippen LogP contribution is 2.28. The largest absolute Gasteiger partial charge is 0.480 e. The normalized spacial score (nSPS) is 21.8. The number of carboxylic acid groups (broad SMARTS) is 1. The van der Waals surface area contributed by atoms with Crippen LogP contribution in [-0.2, 0) is 19.4 Å². The highest BCUT2D eigenvalue weighted by atomic mass is 32.2. The smallest absolute Gasteiger partial charge is 0.325 e. The van der Waals surface area contributed by atoms with Crippen molar-refractivity contribution in [2.45, 2.75) is 18.5 Å². The molecule has 1 heterocycles. The van der Waals surface area contributed by atoms with Crippen LogP contribution in [0.3, 0.4) is 0 Å². The molecule has 1 fully saturated rings. The van der Waals surface area contributed by atoms with Crippen LogP contribution < -0.4 is 0 Å². The lowest BCUT2D eigenvalue weighted by molar-refractivity contribution is -0.144. The Hall–Kier alpha value is -1.44. The second-order valence-electron chi connectivity index (χ2n) is 5.44. The van der Waals surface area contributed by atoms with Crippen molar-refractivity contribution < 1.29 is 23.1 Å². The summed E-state index contributed by atoms with van der Waals surface area (Å²) in [5.74, 6) is -0.859. The minimum atomic E-state index is -3.08. The number of methoxy groups -OCH3 is 1. The molecule has 6 nitrogen and oxygen atoms in total. The Balaban J connectivity index is 2.31. The van der Waals surface area contributed by atoms with Gasteiger partial charge in [-0.2, -0.15) is 0 Å². The molecular weight excluding hydrogens is 306 g/mol. The van der Waals surface area contributed by atoms with Gasteiger partial charge in [-0.05, 0) is 12.0 Å². The van der Waals surface area contributed by atoms with E-state index >= 15 is 0 Å². The molecule has 1 aliphatic heterocycles. The topological polar surface area (TPSA) is 83.9 Å². The quantitative estimate of drug-likeness (QED) is 0.803. The summed E-state index contributed by atoms with van der Waals surface area (Å²) in [4.78, 5) is 13.5. The molecule has 1 aromatic carbocycles. The fourth-order valence-corrected chi connectivity index (χ4v) is 4.61. The molecule has 2 atom stereocenters. The molecule has 0 saturated carbocycles. The van der Waals surface area contributed by atoms with E-state index in [1.165, 1.54) is 0 Å². The van der Waals surface area contributed by atoms with Gasteiger partial charge in [-0.1, -0.05) is 30.3 Å². The summed E-state index contributed by atoms with van der Waals surface area (Å²) in [5, 5.41) is 9.65. The number of ether oxygens (including phenoxy) is 1. The number of carboxylic acids is 1. The van der Waals surface area contributed by atoms with Crippen molar-refractivity contribution in [1.29, 1.82) is 0 Å². The zero-order valence-electron chi connectivity index (χ0n) is 12.5. The second-order valence-corrected chi connectivity index (χ2v) is 7.67. The lowest BCUT2D eigenvalue weighted by Crippen LogP contribution is -2.44. The molecule has 1 aliphatic rings. The van der Waals surface area contributed by atoms with Gasteiger partial charge in [0.15, 0.2) is 9.84 Å². The van der Waals surface area contributed by atoms with E-state index in [0.29, 0.717) is 25.1 Å². The molecule has 7 heteroatoms. The number of aliphatic carboxylic acids is 1. The predicted octanol–water partition coefficient (Wildman–Crippen LogP) is 0.948. The highest BCUT2D eigenvalue weighted by molar-refractivity contribution is 7.91. The molecule has 0 amide bonds. The van der Waals surface area contributed by atoms with E-state index in [0.717, 1.165) is 0 Å². The van der Waals surface area contributed by atoms with E-state index < -0.39 is 21.8 Å². The average Bonchev–Trinajstić information content (AvgIpc) is 2.84. The van der Waals surface area contributed by atoms with Crippen LogP contribution in [0.2, 0.25) is 0 Å². The Morgan fingerprint density at radius 3 is 2.59 bits per heavy atom. The summed E-state index contributed by atoms with van der Waals surface area (Å²) < 4.78 is 28.6. The fourth-order valence-electron chi connectivity index (χ4n) is 2.87. The molecule has 2 rings (SSSR count). The third kappa shape index (κ3) is 4.06. The van der Waals surface area contributed by atoms with E-state index in [1.54, 1.807) is 36.3 Å². The van der Waals surface area contributed by atoms with Crippen molar-refractivity contribution in [2.24, 2.45) is 0 Å². The Kier molecular flexibility index (Phi) is 5.55. The first-order valence-corrected chi connectivity index (χ1v) is 8.99. The van der Waals surface area contributed by atoms with Gasteiger partial charge < -0.3 is 9.84 Å². The number of benzene rings is 1. The standard InChI is InChI=1S/C15H21NO5S/c1-21-9-8-16(13-7-10-22(19,20)11-13)14(15(17)18)12-5-3-2-4-6-12/h2-6,13-14H,7-11H2,1H3,(H,17,18). The Morgan fingerprint density at radius 1 is 1.41 bits per heavy atom. The van der Waals surface area contributed by atoms with Gasteiger partial charge in [0.05, 0.1) is 18.1 Å². The van der Waals surface area contributed by atoms with E-state index in [4.69, 9.17) is 4.74 Å². The number of carbonyl (C=O) groups is 1. The van der Waals surface area contributed by atoms with Gasteiger partial charge >= 0.3 is 5.97 Å². The molecule has 1 saturated heterocycles. The monoisotopic (exact) mass is 327 g/mol. The van der Waals surface area contributed by atoms with Crippen molar-refractivity contribution in [2.75, 3.05) is 31.8 Å². The van der Waals surface area contributed by atoms with Crippen molar-refractivity contribution in [3.05, 3.63) is 35.9 Å². The van der Waals surface area contributed by atoms with Crippen LogP contribution in [0.5, 0.6) is 0 Å². The van der Waals surface area contributed by atoms with Crippen molar-refractivity contribution >= 4 is 15.8 Å². The summed E-state index contributed by atoms with van der Waals surface area (Å²) in [6, 6.07) is 7.73. The van der Waals surface area contributed by atoms with Crippen LogP contribution >= 0.6 is 0 Å². The van der Waals surface area contributed by atoms with E-state index in [-0.39, 0.29) is 17.5 Å². The highest BCUT2D eigenvalue weighted by Gasteiger charge is 2.38. The molecule has 1 N–H and O–H groups in total. The summed E-state index contributed by atoms with van der Waals surface area (Å²) in [6.07, 6.45) is 0.461. The molecule has 0 aromatic heterocycles. The number of rotatable bonds is 7. The first kappa shape index (κ1) is 16.9. The summed E-state index contributed by atoms with van der Waals surface area (Å²) in [6.45, 7) is 0.732. The van der Waals surface area contributed by atoms with Gasteiger partial charge in [-0.3, -0.25) is 9.69 Å². The first-order valence-electron chi connectivity index (χ1n) is 7.17. The first-order chi connectivity index (χ1) is 10.4. The van der Waals surface area contributed by atoms with Gasteiger partial charge in [0.2, 0.25) is 0 Å². The molecule has 0 aliphatic carbocycles. The third-order valence-electron chi connectivity index (χ3n) is 3.91. The van der Waals surface area contributed by atoms with E-state index in [9.17, 15) is 18.3 Å². The van der Waals surface area contributed by atoms with E-state index in [2.05, 4.69) is 0 Å². The van der Waals surface area contributed by atoms with Crippen LogP contribution in [0.4, 0.5) is 0 Å². The number of sulfone groups is 1. The molecular formula is C15H21NO5S. The average molecular weight is 327 g/mol. The minimum absolute atomic E-state index is 0.00727. The Bertz CT molecular complexity index is 602. The van der Waals surface area contributed by atoms with Crippen LogP contribution in [0.15, 0.2) is 30.3 Å². The minimum Gasteiger partial charge on any atom is -0.480 e. The van der Waals surface area contributed by atoms with E-state index in [1.807, 2.05) is 6.07 Å². The molecule has 0 spiro atoms. The number of hydrogen-bond donors (Lipinski definition) is 1. The number of nitrogens with zero attached hydrogens (tertiary/aromatic N) is 1. The second kappa shape index (κ2) is 7.21. The lowest BCUT2D eigenvalue weighted by Gasteiger charge is -2.33. The van der Waals surface area contributed by atoms with Crippen LogP contribution in [0.1, 0.15) is 18.0 Å². The van der Waals surface area contributed by atoms with Crippen molar-refractivity contribution in [3.8, 4) is 0 Å². The Morgan fingerprint density at radius 2 is 2.09 bits per heavy atom. The maximum Gasteiger partial charge on any atom is 0.325 e. The molecule has 122 valence electrons. The van der Waals surface area contributed by atoms with Crippen molar-refractivity contribution in [1.82, 2.24) is 4.90 Å². The number of hydrogen-bond acceptors (Lipinski definition) is 5. The molecule has 0 bridgehead atoms. The van der Waals surface area contributed by atoms with Crippen LogP contribution in [0.25, 0.3) is 0 Å². The van der Waals surface area contributed by atoms with Gasteiger partial charge in [-0.25, -0.2) is 8.42 Å². The van der Waals surface area contributed by atoms with Gasteiger partial charge in [0, 0.05) is 19.7 Å². The summed E-state index contributed by atoms with van der Waals surface area (Å²) >= 11 is 0. The summed E-state index contributed by atoms with van der Waals surface area (Å²) in [5.41, 5.74) is 0.649. The lowest BCUT2D eigenvalue weighted by atomic mass is 10.0. The van der Waals surface area contributed by atoms with Gasteiger partial charge in [0.1, 0.15) is 6.04 Å². The molecule has 22 heavy (non-hydrogen) atoms. The molecule has 1 aromatic rings. The fraction of sp³-hybridized carbons (Fsp3) is 0.533. The molecule has 0 radical (unpaired) electrons. The Labute approximate surface area is 130 Å². The third-order valence-corrected chi connectivity index (χ3v) is 5.66. The van der Waals surface area contributed by atoms with Crippen molar-refractivity contribution in [3.63, 3.8) is 0 Å².